The van der Waals surface area contributed by atoms with Crippen molar-refractivity contribution < 1.29 is 0 Å². The summed E-state index contributed by atoms with van der Waals surface area (Å²) in [5.41, 5.74) is 1.87. The fourth-order valence-corrected chi connectivity index (χ4v) is 2.03. The molecular weight excluding hydrogens is 334 g/mol. The summed E-state index contributed by atoms with van der Waals surface area (Å²) >= 11 is 3.52. The van der Waals surface area contributed by atoms with Gasteiger partial charge in [0.05, 0.1) is 15.9 Å². The summed E-state index contributed by atoms with van der Waals surface area (Å²) < 4.78 is 2.70. The molecule has 8 heteroatoms. The molecule has 114 valence electrons. The minimum atomic E-state index is 0.513. The van der Waals surface area contributed by atoms with Gasteiger partial charge in [0.25, 0.3) is 5.95 Å². The van der Waals surface area contributed by atoms with Gasteiger partial charge < -0.3 is 10.2 Å². The first-order valence-electron chi connectivity index (χ1n) is 6.83. The van der Waals surface area contributed by atoms with Crippen LogP contribution in [-0.2, 0) is 0 Å². The molecule has 0 saturated heterocycles. The van der Waals surface area contributed by atoms with Gasteiger partial charge in [-0.25, -0.2) is 4.68 Å². The van der Waals surface area contributed by atoms with Gasteiger partial charge >= 0.3 is 0 Å². The summed E-state index contributed by atoms with van der Waals surface area (Å²) in [6.45, 7) is 6.83. The number of anilines is 2. The van der Waals surface area contributed by atoms with Crippen LogP contribution in [0, 0.1) is 13.8 Å². The van der Waals surface area contributed by atoms with Crippen molar-refractivity contribution in [2.45, 2.75) is 27.2 Å². The first-order chi connectivity index (χ1) is 9.93. The van der Waals surface area contributed by atoms with E-state index in [1.54, 1.807) is 4.68 Å². The maximum atomic E-state index is 4.47. The monoisotopic (exact) mass is 353 g/mol. The lowest BCUT2D eigenvalue weighted by atomic mass is 10.4. The predicted molar refractivity (Wildman–Crippen MR) is 87.2 cm³/mol. The van der Waals surface area contributed by atoms with Crippen LogP contribution < -0.4 is 10.2 Å². The van der Waals surface area contributed by atoms with E-state index in [2.05, 4.69) is 48.2 Å². The number of aromatic nitrogens is 5. The molecule has 0 fully saturated rings. The van der Waals surface area contributed by atoms with Crippen molar-refractivity contribution in [3.8, 4) is 5.95 Å². The van der Waals surface area contributed by atoms with Crippen molar-refractivity contribution in [2.24, 2.45) is 0 Å². The second kappa shape index (κ2) is 6.38. The molecule has 0 aliphatic rings. The second-order valence-electron chi connectivity index (χ2n) is 4.98. The molecule has 2 aromatic heterocycles. The lowest BCUT2D eigenvalue weighted by Gasteiger charge is -2.13. The van der Waals surface area contributed by atoms with Crippen LogP contribution in [0.5, 0.6) is 0 Å². The Bertz CT molecular complexity index is 636. The topological polar surface area (TPSA) is 71.8 Å². The highest BCUT2D eigenvalue weighted by Crippen LogP contribution is 2.22. The van der Waals surface area contributed by atoms with Crippen LogP contribution in [-0.4, -0.2) is 45.4 Å². The molecule has 0 unspecified atom stereocenters. The van der Waals surface area contributed by atoms with Crippen LogP contribution >= 0.6 is 15.9 Å². The maximum Gasteiger partial charge on any atom is 0.257 e. The number of nitrogens with one attached hydrogen (secondary N) is 1. The Morgan fingerprint density at radius 2 is 1.90 bits per heavy atom. The summed E-state index contributed by atoms with van der Waals surface area (Å²) in [6, 6.07) is 0. The Morgan fingerprint density at radius 1 is 1.19 bits per heavy atom. The molecule has 1 N–H and O–H groups in total. The molecule has 0 radical (unpaired) electrons. The van der Waals surface area contributed by atoms with Gasteiger partial charge in [-0.05, 0) is 36.2 Å². The number of hydrogen-bond donors (Lipinski definition) is 1. The quantitative estimate of drug-likeness (QED) is 0.889. The van der Waals surface area contributed by atoms with Gasteiger partial charge in [-0.3, -0.25) is 0 Å². The molecule has 0 atom stereocenters. The number of aryl methyl sites for hydroxylation is 1. The smallest absolute Gasteiger partial charge is 0.257 e. The normalized spacial score (nSPS) is 10.8. The van der Waals surface area contributed by atoms with Gasteiger partial charge in [0.15, 0.2) is 0 Å². The number of nitrogens with zero attached hydrogens (tertiary/aromatic N) is 6. The first-order valence-corrected chi connectivity index (χ1v) is 7.62. The van der Waals surface area contributed by atoms with Crippen molar-refractivity contribution in [3.05, 3.63) is 15.9 Å². The van der Waals surface area contributed by atoms with Crippen molar-refractivity contribution in [2.75, 3.05) is 30.9 Å². The molecule has 0 aromatic carbocycles. The van der Waals surface area contributed by atoms with Crippen LogP contribution in [0.15, 0.2) is 4.47 Å². The average molecular weight is 354 g/mol. The molecule has 2 aromatic rings. The minimum absolute atomic E-state index is 0.513. The Labute approximate surface area is 132 Å². The van der Waals surface area contributed by atoms with E-state index in [-0.39, 0.29) is 0 Å². The van der Waals surface area contributed by atoms with Gasteiger partial charge in [-0.1, -0.05) is 6.92 Å². The lowest BCUT2D eigenvalue weighted by Crippen LogP contribution is -2.18. The largest absolute Gasteiger partial charge is 0.354 e. The van der Waals surface area contributed by atoms with Crippen molar-refractivity contribution in [3.63, 3.8) is 0 Å². The lowest BCUT2D eigenvalue weighted by molar-refractivity contribution is 0.758. The van der Waals surface area contributed by atoms with E-state index >= 15 is 0 Å². The van der Waals surface area contributed by atoms with E-state index in [0.717, 1.165) is 28.8 Å². The van der Waals surface area contributed by atoms with Crippen molar-refractivity contribution in [1.29, 1.82) is 0 Å². The molecule has 7 nitrogen and oxygen atoms in total. The molecule has 0 aliphatic heterocycles. The van der Waals surface area contributed by atoms with Crippen LogP contribution in [0.4, 0.5) is 11.9 Å². The van der Waals surface area contributed by atoms with E-state index in [1.165, 1.54) is 0 Å². The van der Waals surface area contributed by atoms with Crippen LogP contribution in [0.2, 0.25) is 0 Å². The van der Waals surface area contributed by atoms with Gasteiger partial charge in [0.2, 0.25) is 11.9 Å². The summed E-state index contributed by atoms with van der Waals surface area (Å²) in [7, 11) is 3.81. The fraction of sp³-hybridized carbons (Fsp3) is 0.538. The molecule has 2 heterocycles. The van der Waals surface area contributed by atoms with Gasteiger partial charge in [-0.2, -0.15) is 20.1 Å². The summed E-state index contributed by atoms with van der Waals surface area (Å²) in [6.07, 6.45) is 1.00. The zero-order valence-electron chi connectivity index (χ0n) is 13.0. The predicted octanol–water partition coefficient (Wildman–Crippen LogP) is 2.32. The molecule has 0 bridgehead atoms. The van der Waals surface area contributed by atoms with Gasteiger partial charge in [0.1, 0.15) is 0 Å². The third-order valence-electron chi connectivity index (χ3n) is 2.94. The number of rotatable bonds is 5. The third-order valence-corrected chi connectivity index (χ3v) is 4.09. The molecular formula is C13H20BrN7. The van der Waals surface area contributed by atoms with Gasteiger partial charge in [0, 0.05) is 20.6 Å². The Hall–Kier alpha value is -1.70. The molecule has 0 spiro atoms. The molecule has 21 heavy (non-hydrogen) atoms. The number of halogens is 1. The average Bonchev–Trinajstić information content (AvgIpc) is 2.72. The molecule has 2 rings (SSSR count). The highest BCUT2D eigenvalue weighted by atomic mass is 79.9. The Morgan fingerprint density at radius 3 is 2.43 bits per heavy atom. The second-order valence-corrected chi connectivity index (χ2v) is 5.77. The molecule has 0 saturated carbocycles. The van der Waals surface area contributed by atoms with Crippen molar-refractivity contribution in [1.82, 2.24) is 24.7 Å². The van der Waals surface area contributed by atoms with E-state index in [0.29, 0.717) is 17.8 Å². The standard InChI is InChI=1S/C13H20BrN7/c1-6-7-15-11-16-12(20(4)5)18-13(17-11)21-9(3)10(14)8(2)19-21/h6-7H2,1-5H3,(H,15,16,17,18). The number of hydrogen-bond acceptors (Lipinski definition) is 6. The first kappa shape index (κ1) is 15.7. The zero-order chi connectivity index (χ0) is 15.6. The van der Waals surface area contributed by atoms with Crippen molar-refractivity contribution >= 4 is 27.8 Å². The summed E-state index contributed by atoms with van der Waals surface area (Å²) in [5.74, 6) is 1.68. The van der Waals surface area contributed by atoms with E-state index in [4.69, 9.17) is 0 Å². The summed E-state index contributed by atoms with van der Waals surface area (Å²) in [5, 5.41) is 7.67. The third kappa shape index (κ3) is 3.31. The van der Waals surface area contributed by atoms with Gasteiger partial charge in [-0.15, -0.1) is 0 Å². The highest BCUT2D eigenvalue weighted by molar-refractivity contribution is 9.10. The highest BCUT2D eigenvalue weighted by Gasteiger charge is 2.15. The van der Waals surface area contributed by atoms with E-state index in [1.807, 2.05) is 32.8 Å². The fourth-order valence-electron chi connectivity index (χ4n) is 1.78. The minimum Gasteiger partial charge on any atom is -0.354 e. The zero-order valence-corrected chi connectivity index (χ0v) is 14.6. The maximum absolute atomic E-state index is 4.47. The SMILES string of the molecule is CCCNc1nc(N(C)C)nc(-n2nc(C)c(Br)c2C)n1. The van der Waals surface area contributed by atoms with Crippen LogP contribution in [0.1, 0.15) is 24.7 Å². The summed E-state index contributed by atoms with van der Waals surface area (Å²) in [4.78, 5) is 15.2. The molecule has 0 amide bonds. The Balaban J connectivity index is 2.51. The van der Waals surface area contributed by atoms with Crippen LogP contribution in [0.3, 0.4) is 0 Å². The molecule has 0 aliphatic carbocycles. The van der Waals surface area contributed by atoms with Crippen LogP contribution in [0.25, 0.3) is 5.95 Å². The van der Waals surface area contributed by atoms with E-state index < -0.39 is 0 Å². The Kier molecular flexibility index (Phi) is 4.76. The van der Waals surface area contributed by atoms with E-state index in [9.17, 15) is 0 Å².